The van der Waals surface area contributed by atoms with Crippen molar-refractivity contribution in [2.24, 2.45) is 0 Å². The van der Waals surface area contributed by atoms with Gasteiger partial charge in [-0.15, -0.1) is 0 Å². The van der Waals surface area contributed by atoms with Crippen LogP contribution in [0.4, 0.5) is 5.13 Å². The number of benzene rings is 1. The van der Waals surface area contributed by atoms with Gasteiger partial charge >= 0.3 is 0 Å². The second kappa shape index (κ2) is 7.74. The number of fused-ring (bicyclic) bond motifs is 1. The molecule has 0 radical (unpaired) electrons. The van der Waals surface area contributed by atoms with Crippen molar-refractivity contribution >= 4 is 32.6 Å². The first-order valence-electron chi connectivity index (χ1n) is 8.70. The molecule has 3 aromatic rings. The van der Waals surface area contributed by atoms with E-state index in [-0.39, 0.29) is 5.91 Å². The van der Waals surface area contributed by atoms with Gasteiger partial charge in [0.15, 0.2) is 5.13 Å². The SMILES string of the molecule is CCCC(=O)N(Cc1ccccn1)c1nc2c(C(C)C)cccc2s1. The third-order valence-electron chi connectivity index (χ3n) is 4.10. The Bertz CT molecular complexity index is 858. The van der Waals surface area contributed by atoms with Crippen LogP contribution in [0.3, 0.4) is 0 Å². The molecule has 0 saturated carbocycles. The lowest BCUT2D eigenvalue weighted by Crippen LogP contribution is -2.30. The maximum Gasteiger partial charge on any atom is 0.229 e. The van der Waals surface area contributed by atoms with Gasteiger partial charge in [-0.2, -0.15) is 0 Å². The monoisotopic (exact) mass is 353 g/mol. The highest BCUT2D eigenvalue weighted by molar-refractivity contribution is 7.22. The van der Waals surface area contributed by atoms with E-state index in [2.05, 4.69) is 37.0 Å². The molecule has 2 heterocycles. The molecule has 0 aliphatic heterocycles. The molecular weight excluding hydrogens is 330 g/mol. The summed E-state index contributed by atoms with van der Waals surface area (Å²) in [7, 11) is 0. The van der Waals surface area contributed by atoms with E-state index in [0.717, 1.165) is 27.5 Å². The molecule has 4 nitrogen and oxygen atoms in total. The van der Waals surface area contributed by atoms with E-state index in [9.17, 15) is 4.79 Å². The van der Waals surface area contributed by atoms with Crippen LogP contribution in [0, 0.1) is 0 Å². The quantitative estimate of drug-likeness (QED) is 0.616. The van der Waals surface area contributed by atoms with Crippen molar-refractivity contribution in [2.75, 3.05) is 4.90 Å². The van der Waals surface area contributed by atoms with E-state index >= 15 is 0 Å². The maximum absolute atomic E-state index is 12.7. The Hall–Kier alpha value is -2.27. The molecule has 0 atom stereocenters. The number of pyridine rings is 1. The molecule has 3 rings (SSSR count). The van der Waals surface area contributed by atoms with Crippen LogP contribution in [0.2, 0.25) is 0 Å². The average Bonchev–Trinajstić information content (AvgIpc) is 3.04. The van der Waals surface area contributed by atoms with Gasteiger partial charge in [0.25, 0.3) is 0 Å². The number of aromatic nitrogens is 2. The summed E-state index contributed by atoms with van der Waals surface area (Å²) in [6, 6.07) is 12.0. The summed E-state index contributed by atoms with van der Waals surface area (Å²) in [6.45, 7) is 6.81. The summed E-state index contributed by atoms with van der Waals surface area (Å²) in [5.74, 6) is 0.493. The smallest absolute Gasteiger partial charge is 0.229 e. The number of amides is 1. The van der Waals surface area contributed by atoms with E-state index < -0.39 is 0 Å². The van der Waals surface area contributed by atoms with Crippen LogP contribution >= 0.6 is 11.3 Å². The van der Waals surface area contributed by atoms with E-state index in [0.29, 0.717) is 18.9 Å². The number of thiazole rings is 1. The zero-order valence-electron chi connectivity index (χ0n) is 14.9. The lowest BCUT2D eigenvalue weighted by molar-refractivity contribution is -0.118. The number of carbonyl (C=O) groups is 1. The van der Waals surface area contributed by atoms with Gasteiger partial charge < -0.3 is 0 Å². The van der Waals surface area contributed by atoms with Crippen LogP contribution < -0.4 is 4.90 Å². The molecule has 0 saturated heterocycles. The number of nitrogens with zero attached hydrogens (tertiary/aromatic N) is 3. The van der Waals surface area contributed by atoms with Crippen LogP contribution in [0.25, 0.3) is 10.2 Å². The minimum atomic E-state index is 0.0957. The van der Waals surface area contributed by atoms with E-state index in [1.165, 1.54) is 5.56 Å². The highest BCUT2D eigenvalue weighted by atomic mass is 32.1. The van der Waals surface area contributed by atoms with Gasteiger partial charge in [0.05, 0.1) is 22.5 Å². The highest BCUT2D eigenvalue weighted by Gasteiger charge is 2.21. The number of para-hydroxylation sites is 1. The van der Waals surface area contributed by atoms with Crippen molar-refractivity contribution in [3.63, 3.8) is 0 Å². The normalized spacial score (nSPS) is 11.2. The summed E-state index contributed by atoms with van der Waals surface area (Å²) in [6.07, 6.45) is 3.09. The van der Waals surface area contributed by atoms with Gasteiger partial charge in [-0.3, -0.25) is 14.7 Å². The van der Waals surface area contributed by atoms with Crippen LogP contribution in [0.15, 0.2) is 42.6 Å². The van der Waals surface area contributed by atoms with Crippen LogP contribution in [0.5, 0.6) is 0 Å². The summed E-state index contributed by atoms with van der Waals surface area (Å²) < 4.78 is 1.12. The summed E-state index contributed by atoms with van der Waals surface area (Å²) in [4.78, 5) is 23.7. The Morgan fingerprint density at radius 3 is 2.72 bits per heavy atom. The molecule has 5 heteroatoms. The standard InChI is InChI=1S/C20H23N3OS/c1-4-8-18(24)23(13-15-9-5-6-12-21-15)20-22-19-16(14(2)3)10-7-11-17(19)25-20/h5-7,9-12,14H,4,8,13H2,1-3H3. The largest absolute Gasteiger partial charge is 0.282 e. The molecule has 1 aromatic carbocycles. The maximum atomic E-state index is 12.7. The van der Waals surface area contributed by atoms with Gasteiger partial charge in [0.1, 0.15) is 0 Å². The molecule has 0 fully saturated rings. The fourth-order valence-corrected chi connectivity index (χ4v) is 3.82. The van der Waals surface area contributed by atoms with Crippen LogP contribution in [-0.2, 0) is 11.3 Å². The van der Waals surface area contributed by atoms with E-state index in [1.54, 1.807) is 22.4 Å². The molecule has 0 aliphatic carbocycles. The summed E-state index contributed by atoms with van der Waals surface area (Å²) in [5, 5.41) is 0.757. The first-order chi connectivity index (χ1) is 12.1. The molecule has 0 unspecified atom stereocenters. The highest BCUT2D eigenvalue weighted by Crippen LogP contribution is 2.34. The first kappa shape index (κ1) is 17.5. The first-order valence-corrected chi connectivity index (χ1v) is 9.51. The molecule has 0 N–H and O–H groups in total. The van der Waals surface area contributed by atoms with Crippen molar-refractivity contribution < 1.29 is 4.79 Å². The minimum Gasteiger partial charge on any atom is -0.282 e. The second-order valence-corrected chi connectivity index (χ2v) is 7.41. The lowest BCUT2D eigenvalue weighted by Gasteiger charge is -2.19. The van der Waals surface area contributed by atoms with Gasteiger partial charge in [-0.1, -0.05) is 50.3 Å². The minimum absolute atomic E-state index is 0.0957. The van der Waals surface area contributed by atoms with E-state index in [4.69, 9.17) is 4.98 Å². The van der Waals surface area contributed by atoms with Gasteiger partial charge in [0.2, 0.25) is 5.91 Å². The Morgan fingerprint density at radius 1 is 1.20 bits per heavy atom. The van der Waals surface area contributed by atoms with Crippen molar-refractivity contribution in [3.05, 3.63) is 53.9 Å². The lowest BCUT2D eigenvalue weighted by atomic mass is 10.0. The van der Waals surface area contributed by atoms with Crippen molar-refractivity contribution in [1.29, 1.82) is 0 Å². The number of rotatable bonds is 6. The Balaban J connectivity index is 2.02. The molecule has 0 spiro atoms. The zero-order chi connectivity index (χ0) is 17.8. The van der Waals surface area contributed by atoms with Crippen molar-refractivity contribution in [3.8, 4) is 0 Å². The van der Waals surface area contributed by atoms with Crippen LogP contribution in [0.1, 0.15) is 50.8 Å². The van der Waals surface area contributed by atoms with Gasteiger partial charge in [-0.05, 0) is 36.1 Å². The van der Waals surface area contributed by atoms with Crippen molar-refractivity contribution in [1.82, 2.24) is 9.97 Å². The van der Waals surface area contributed by atoms with Gasteiger partial charge in [-0.25, -0.2) is 4.98 Å². The molecule has 0 aliphatic rings. The fourth-order valence-electron chi connectivity index (χ4n) is 2.80. The topological polar surface area (TPSA) is 46.1 Å². The number of hydrogen-bond donors (Lipinski definition) is 0. The predicted octanol–water partition coefficient (Wildman–Crippen LogP) is 5.15. The molecule has 1 amide bonds. The predicted molar refractivity (Wildman–Crippen MR) is 104 cm³/mol. The number of anilines is 1. The Kier molecular flexibility index (Phi) is 5.43. The average molecular weight is 353 g/mol. The third-order valence-corrected chi connectivity index (χ3v) is 5.15. The Labute approximate surface area is 152 Å². The number of carbonyl (C=O) groups excluding carboxylic acids is 1. The summed E-state index contributed by atoms with van der Waals surface area (Å²) in [5.41, 5.74) is 3.10. The zero-order valence-corrected chi connectivity index (χ0v) is 15.7. The van der Waals surface area contributed by atoms with Crippen LogP contribution in [-0.4, -0.2) is 15.9 Å². The third kappa shape index (κ3) is 3.87. The number of hydrogen-bond acceptors (Lipinski definition) is 4. The Morgan fingerprint density at radius 2 is 2.04 bits per heavy atom. The fraction of sp³-hybridized carbons (Fsp3) is 0.350. The van der Waals surface area contributed by atoms with Crippen molar-refractivity contribution in [2.45, 2.75) is 46.1 Å². The molecular formula is C20H23N3OS. The summed E-state index contributed by atoms with van der Waals surface area (Å²) >= 11 is 1.58. The second-order valence-electron chi connectivity index (χ2n) is 6.40. The molecule has 0 bridgehead atoms. The molecule has 2 aromatic heterocycles. The molecule has 25 heavy (non-hydrogen) atoms. The van der Waals surface area contributed by atoms with Gasteiger partial charge in [0, 0.05) is 12.6 Å². The molecule has 130 valence electrons. The van der Waals surface area contributed by atoms with E-state index in [1.807, 2.05) is 25.1 Å².